The lowest BCUT2D eigenvalue weighted by Crippen LogP contribution is -2.40. The van der Waals surface area contributed by atoms with Gasteiger partial charge in [-0.05, 0) is 57.0 Å². The SMILES string of the molecule is C=CCCC(NC(=O)c1ccc(-n2nc(C)cc2C)cc1)C(=O)O. The van der Waals surface area contributed by atoms with E-state index in [2.05, 4.69) is 17.0 Å². The quantitative estimate of drug-likeness (QED) is 0.766. The van der Waals surface area contributed by atoms with Gasteiger partial charge >= 0.3 is 5.97 Å². The van der Waals surface area contributed by atoms with Crippen molar-refractivity contribution in [1.82, 2.24) is 15.1 Å². The maximum Gasteiger partial charge on any atom is 0.326 e. The van der Waals surface area contributed by atoms with Crippen molar-refractivity contribution >= 4 is 11.9 Å². The van der Waals surface area contributed by atoms with Gasteiger partial charge in [0.25, 0.3) is 5.91 Å². The molecule has 0 spiro atoms. The third-order valence-electron chi connectivity index (χ3n) is 3.65. The summed E-state index contributed by atoms with van der Waals surface area (Å²) in [6, 6.07) is 7.94. The monoisotopic (exact) mass is 327 g/mol. The van der Waals surface area contributed by atoms with Crippen molar-refractivity contribution in [2.75, 3.05) is 0 Å². The van der Waals surface area contributed by atoms with Crippen LogP contribution in [-0.2, 0) is 4.79 Å². The van der Waals surface area contributed by atoms with E-state index in [1.54, 1.807) is 35.0 Å². The summed E-state index contributed by atoms with van der Waals surface area (Å²) in [6.07, 6.45) is 2.47. The van der Waals surface area contributed by atoms with Crippen LogP contribution in [-0.4, -0.2) is 32.8 Å². The Labute approximate surface area is 140 Å². The van der Waals surface area contributed by atoms with E-state index in [4.69, 9.17) is 5.11 Å². The van der Waals surface area contributed by atoms with Gasteiger partial charge in [-0.15, -0.1) is 6.58 Å². The van der Waals surface area contributed by atoms with Gasteiger partial charge in [0.05, 0.1) is 11.4 Å². The number of carboxylic acids is 1. The Kier molecular flexibility index (Phi) is 5.52. The van der Waals surface area contributed by atoms with Crippen LogP contribution in [0.3, 0.4) is 0 Å². The van der Waals surface area contributed by atoms with Crippen molar-refractivity contribution in [2.24, 2.45) is 0 Å². The van der Waals surface area contributed by atoms with Crippen molar-refractivity contribution in [3.05, 3.63) is 59.9 Å². The number of hydrogen-bond acceptors (Lipinski definition) is 3. The molecule has 1 atom stereocenters. The molecule has 0 aliphatic heterocycles. The molecule has 0 bridgehead atoms. The van der Waals surface area contributed by atoms with Crippen LogP contribution in [0, 0.1) is 13.8 Å². The Morgan fingerprint density at radius 3 is 2.50 bits per heavy atom. The van der Waals surface area contributed by atoms with Crippen LogP contribution in [0.15, 0.2) is 43.0 Å². The van der Waals surface area contributed by atoms with Crippen LogP contribution in [0.25, 0.3) is 5.69 Å². The summed E-state index contributed by atoms with van der Waals surface area (Å²) in [5.41, 5.74) is 3.17. The van der Waals surface area contributed by atoms with Gasteiger partial charge in [0.1, 0.15) is 6.04 Å². The van der Waals surface area contributed by atoms with E-state index in [0.717, 1.165) is 17.1 Å². The van der Waals surface area contributed by atoms with Gasteiger partial charge in [0.15, 0.2) is 0 Å². The first kappa shape index (κ1) is 17.5. The van der Waals surface area contributed by atoms with Crippen LogP contribution < -0.4 is 5.32 Å². The second-order valence-electron chi connectivity index (χ2n) is 5.62. The van der Waals surface area contributed by atoms with Crippen LogP contribution in [0.1, 0.15) is 34.6 Å². The maximum atomic E-state index is 12.2. The minimum atomic E-state index is -1.05. The van der Waals surface area contributed by atoms with Gasteiger partial charge in [-0.2, -0.15) is 5.10 Å². The number of amides is 1. The predicted octanol–water partition coefficient (Wildman–Crippen LogP) is 2.64. The molecule has 6 nitrogen and oxygen atoms in total. The molecule has 0 saturated heterocycles. The van der Waals surface area contributed by atoms with E-state index in [0.29, 0.717) is 18.4 Å². The number of benzene rings is 1. The number of aryl methyl sites for hydroxylation is 2. The highest BCUT2D eigenvalue weighted by atomic mass is 16.4. The van der Waals surface area contributed by atoms with Crippen LogP contribution in [0.4, 0.5) is 0 Å². The molecule has 126 valence electrons. The van der Waals surface area contributed by atoms with Gasteiger partial charge in [-0.1, -0.05) is 6.08 Å². The number of carbonyl (C=O) groups excluding carboxylic acids is 1. The highest BCUT2D eigenvalue weighted by Crippen LogP contribution is 2.13. The fourth-order valence-corrected chi connectivity index (χ4v) is 2.43. The van der Waals surface area contributed by atoms with Gasteiger partial charge in [0, 0.05) is 11.3 Å². The van der Waals surface area contributed by atoms with E-state index in [1.807, 2.05) is 19.9 Å². The summed E-state index contributed by atoms with van der Waals surface area (Å²) in [5, 5.41) is 16.1. The number of rotatable bonds is 7. The van der Waals surface area contributed by atoms with Gasteiger partial charge in [-0.25, -0.2) is 9.48 Å². The number of aliphatic carboxylic acids is 1. The zero-order chi connectivity index (χ0) is 17.7. The lowest BCUT2D eigenvalue weighted by Gasteiger charge is -2.14. The molecule has 2 aromatic rings. The molecule has 1 aromatic heterocycles. The Balaban J connectivity index is 2.12. The summed E-state index contributed by atoms with van der Waals surface area (Å²) in [4.78, 5) is 23.4. The number of nitrogens with zero attached hydrogens (tertiary/aromatic N) is 2. The summed E-state index contributed by atoms with van der Waals surface area (Å²) < 4.78 is 1.79. The number of aromatic nitrogens is 2. The van der Waals surface area contributed by atoms with Crippen molar-refractivity contribution < 1.29 is 14.7 Å². The highest BCUT2D eigenvalue weighted by molar-refractivity contribution is 5.96. The number of hydrogen-bond donors (Lipinski definition) is 2. The van der Waals surface area contributed by atoms with Crippen LogP contribution >= 0.6 is 0 Å². The van der Waals surface area contributed by atoms with E-state index in [9.17, 15) is 9.59 Å². The topological polar surface area (TPSA) is 84.2 Å². The summed E-state index contributed by atoms with van der Waals surface area (Å²) in [6.45, 7) is 7.44. The number of carboxylic acid groups (broad SMARTS) is 1. The standard InChI is InChI=1S/C18H21N3O3/c1-4-5-6-16(18(23)24)19-17(22)14-7-9-15(10-8-14)21-13(3)11-12(2)20-21/h4,7-11,16H,1,5-6H2,2-3H3,(H,19,22)(H,23,24). The Morgan fingerprint density at radius 1 is 1.33 bits per heavy atom. The minimum absolute atomic E-state index is 0.314. The molecule has 1 unspecified atom stereocenters. The van der Waals surface area contributed by atoms with Crippen LogP contribution in [0.2, 0.25) is 0 Å². The van der Waals surface area contributed by atoms with Gasteiger partial charge < -0.3 is 10.4 Å². The van der Waals surface area contributed by atoms with Gasteiger partial charge in [0.2, 0.25) is 0 Å². The van der Waals surface area contributed by atoms with E-state index < -0.39 is 17.9 Å². The summed E-state index contributed by atoms with van der Waals surface area (Å²) in [5.74, 6) is -1.46. The Morgan fingerprint density at radius 2 is 2.00 bits per heavy atom. The largest absolute Gasteiger partial charge is 0.480 e. The molecular formula is C18H21N3O3. The molecule has 0 saturated carbocycles. The zero-order valence-corrected chi connectivity index (χ0v) is 13.8. The van der Waals surface area contributed by atoms with Gasteiger partial charge in [-0.3, -0.25) is 4.79 Å². The minimum Gasteiger partial charge on any atom is -0.480 e. The number of allylic oxidation sites excluding steroid dienone is 1. The van der Waals surface area contributed by atoms with E-state index in [1.165, 1.54) is 0 Å². The average molecular weight is 327 g/mol. The molecule has 0 radical (unpaired) electrons. The third kappa shape index (κ3) is 4.10. The second kappa shape index (κ2) is 7.59. The van der Waals surface area contributed by atoms with Crippen molar-refractivity contribution in [1.29, 1.82) is 0 Å². The third-order valence-corrected chi connectivity index (χ3v) is 3.65. The number of carbonyl (C=O) groups is 2. The van der Waals surface area contributed by atoms with Crippen LogP contribution in [0.5, 0.6) is 0 Å². The first-order valence-corrected chi connectivity index (χ1v) is 7.70. The normalized spacial score (nSPS) is 11.8. The molecule has 2 N–H and O–H groups in total. The molecule has 1 amide bonds. The summed E-state index contributed by atoms with van der Waals surface area (Å²) in [7, 11) is 0. The van der Waals surface area contributed by atoms with Crippen molar-refractivity contribution in [3.63, 3.8) is 0 Å². The first-order valence-electron chi connectivity index (χ1n) is 7.70. The van der Waals surface area contributed by atoms with E-state index in [-0.39, 0.29) is 0 Å². The molecule has 24 heavy (non-hydrogen) atoms. The lowest BCUT2D eigenvalue weighted by atomic mass is 10.1. The molecular weight excluding hydrogens is 306 g/mol. The molecule has 6 heteroatoms. The Hall–Kier alpha value is -2.89. The fraction of sp³-hybridized carbons (Fsp3) is 0.278. The van der Waals surface area contributed by atoms with E-state index >= 15 is 0 Å². The molecule has 0 aliphatic rings. The summed E-state index contributed by atoms with van der Waals surface area (Å²) >= 11 is 0. The molecule has 0 aliphatic carbocycles. The predicted molar refractivity (Wildman–Crippen MR) is 91.4 cm³/mol. The zero-order valence-electron chi connectivity index (χ0n) is 13.8. The lowest BCUT2D eigenvalue weighted by molar-refractivity contribution is -0.139. The number of nitrogens with one attached hydrogen (secondary N) is 1. The molecule has 2 rings (SSSR count). The first-order chi connectivity index (χ1) is 11.4. The highest BCUT2D eigenvalue weighted by Gasteiger charge is 2.19. The Bertz CT molecular complexity index is 747. The second-order valence-corrected chi connectivity index (χ2v) is 5.62. The van der Waals surface area contributed by atoms with Crippen molar-refractivity contribution in [2.45, 2.75) is 32.7 Å². The van der Waals surface area contributed by atoms with Crippen molar-refractivity contribution in [3.8, 4) is 5.69 Å². The smallest absolute Gasteiger partial charge is 0.326 e. The fourth-order valence-electron chi connectivity index (χ4n) is 2.43. The maximum absolute atomic E-state index is 12.2. The molecule has 1 aromatic carbocycles. The average Bonchev–Trinajstić information content (AvgIpc) is 2.89. The molecule has 0 fully saturated rings. The molecule has 1 heterocycles.